The molecule has 11 nitrogen and oxygen atoms in total. The Morgan fingerprint density at radius 1 is 1.12 bits per heavy atom. The van der Waals surface area contributed by atoms with Gasteiger partial charge in [0.2, 0.25) is 10.0 Å². The fourth-order valence-electron chi connectivity index (χ4n) is 4.47. The lowest BCUT2D eigenvalue weighted by molar-refractivity contribution is -0.00533. The van der Waals surface area contributed by atoms with Crippen LogP contribution in [0.5, 0.6) is 0 Å². The first-order valence-corrected chi connectivity index (χ1v) is 16.4. The predicted molar refractivity (Wildman–Crippen MR) is 166 cm³/mol. The smallest absolute Gasteiger partial charge is 0.407 e. The van der Waals surface area contributed by atoms with E-state index in [0.29, 0.717) is 47.1 Å². The first kappa shape index (κ1) is 32.4. The SMILES string of the molecule is CC(C)OC(=O)N[C@@H]1CCC(c2ncc(-c3ccc(NC(=O)NCc4ccccc4)cc3S(=O)(=O)NC(C)(C)C)s2)OC1. The van der Waals surface area contributed by atoms with Crippen molar-refractivity contribution in [3.8, 4) is 10.4 Å². The van der Waals surface area contributed by atoms with E-state index in [-0.39, 0.29) is 23.1 Å². The number of hydrogen-bond donors (Lipinski definition) is 4. The number of sulfonamides is 1. The minimum atomic E-state index is -3.98. The molecule has 0 radical (unpaired) electrons. The van der Waals surface area contributed by atoms with Crippen LogP contribution >= 0.6 is 11.3 Å². The monoisotopic (exact) mass is 629 g/mol. The lowest BCUT2D eigenvalue weighted by Gasteiger charge is -2.28. The fraction of sp³-hybridized carbons (Fsp3) is 0.433. The van der Waals surface area contributed by atoms with E-state index in [0.717, 1.165) is 5.56 Å². The van der Waals surface area contributed by atoms with Gasteiger partial charge in [-0.2, -0.15) is 0 Å². The van der Waals surface area contributed by atoms with Crippen LogP contribution in [0, 0.1) is 0 Å². The minimum absolute atomic E-state index is 0.0241. The van der Waals surface area contributed by atoms with Gasteiger partial charge in [-0.15, -0.1) is 11.3 Å². The van der Waals surface area contributed by atoms with Crippen molar-refractivity contribution < 1.29 is 27.5 Å². The molecule has 2 aromatic carbocycles. The Hall–Kier alpha value is -3.52. The molecule has 1 aliphatic rings. The first-order chi connectivity index (χ1) is 20.3. The number of carbonyl (C=O) groups is 2. The molecule has 1 aromatic heterocycles. The van der Waals surface area contributed by atoms with Crippen LogP contribution in [-0.4, -0.2) is 49.8 Å². The van der Waals surface area contributed by atoms with Gasteiger partial charge in [-0.1, -0.05) is 36.4 Å². The van der Waals surface area contributed by atoms with Crippen molar-refractivity contribution in [1.29, 1.82) is 0 Å². The number of benzene rings is 2. The number of anilines is 1. The molecule has 43 heavy (non-hydrogen) atoms. The third kappa shape index (κ3) is 9.48. The fourth-order valence-corrected chi connectivity index (χ4v) is 7.25. The Kier molecular flexibility index (Phi) is 10.4. The predicted octanol–water partition coefficient (Wildman–Crippen LogP) is 5.56. The van der Waals surface area contributed by atoms with Crippen molar-refractivity contribution in [3.05, 3.63) is 65.3 Å². The van der Waals surface area contributed by atoms with Crippen LogP contribution < -0.4 is 20.7 Å². The third-order valence-electron chi connectivity index (χ3n) is 6.27. The summed E-state index contributed by atoms with van der Waals surface area (Å²) in [7, 11) is -3.98. The Balaban J connectivity index is 1.50. The quantitative estimate of drug-likeness (QED) is 0.242. The molecule has 3 aromatic rings. The second kappa shape index (κ2) is 13.8. The van der Waals surface area contributed by atoms with Gasteiger partial charge < -0.3 is 25.4 Å². The number of carbonyl (C=O) groups excluding carboxylic acids is 2. The van der Waals surface area contributed by atoms with E-state index >= 15 is 0 Å². The summed E-state index contributed by atoms with van der Waals surface area (Å²) in [5.74, 6) is 0. The Morgan fingerprint density at radius 2 is 1.86 bits per heavy atom. The highest BCUT2D eigenvalue weighted by atomic mass is 32.2. The van der Waals surface area contributed by atoms with Crippen molar-refractivity contribution in [2.24, 2.45) is 0 Å². The second-order valence-electron chi connectivity index (χ2n) is 11.6. The number of ether oxygens (including phenoxy) is 2. The highest BCUT2D eigenvalue weighted by Crippen LogP contribution is 2.38. The van der Waals surface area contributed by atoms with Crippen LogP contribution in [0.3, 0.4) is 0 Å². The average Bonchev–Trinajstić information content (AvgIpc) is 3.41. The molecule has 1 aliphatic heterocycles. The van der Waals surface area contributed by atoms with Crippen LogP contribution in [-0.2, 0) is 26.0 Å². The van der Waals surface area contributed by atoms with E-state index in [2.05, 4.69) is 25.7 Å². The lowest BCUT2D eigenvalue weighted by atomic mass is 10.1. The molecular weight excluding hydrogens is 590 g/mol. The van der Waals surface area contributed by atoms with Crippen LogP contribution in [0.1, 0.15) is 64.1 Å². The van der Waals surface area contributed by atoms with Gasteiger partial charge in [0, 0.05) is 29.5 Å². The number of thiazole rings is 1. The molecule has 0 saturated carbocycles. The standard InChI is InChI=1S/C30H39N5O6S2/c1-19(2)41-29(37)34-22-12-14-24(40-18-22)27-31-17-25(42-27)23-13-11-21(15-26(23)43(38,39)35-30(3,4)5)33-28(36)32-16-20-9-7-6-8-10-20/h6-11,13,15,17,19,22,24,35H,12,14,16,18H2,1-5H3,(H,34,37)(H2,32,33,36)/t22-,24?/m1/s1. The molecule has 1 unspecified atom stereocenters. The van der Waals surface area contributed by atoms with Crippen molar-refractivity contribution in [1.82, 2.24) is 20.3 Å². The lowest BCUT2D eigenvalue weighted by Crippen LogP contribution is -2.42. The summed E-state index contributed by atoms with van der Waals surface area (Å²) < 4.78 is 41.0. The van der Waals surface area contributed by atoms with Gasteiger partial charge in [0.25, 0.3) is 0 Å². The molecule has 0 bridgehead atoms. The van der Waals surface area contributed by atoms with Gasteiger partial charge in [-0.05, 0) is 65.2 Å². The number of amides is 3. The van der Waals surface area contributed by atoms with Crippen molar-refractivity contribution in [3.63, 3.8) is 0 Å². The summed E-state index contributed by atoms with van der Waals surface area (Å²) in [4.78, 5) is 29.7. The first-order valence-electron chi connectivity index (χ1n) is 14.1. The molecule has 1 saturated heterocycles. The molecule has 3 amide bonds. The third-order valence-corrected chi connectivity index (χ3v) is 9.19. The van der Waals surface area contributed by atoms with E-state index in [4.69, 9.17) is 9.47 Å². The normalized spacial score (nSPS) is 17.3. The maximum absolute atomic E-state index is 13.6. The summed E-state index contributed by atoms with van der Waals surface area (Å²) in [5.41, 5.74) is 1.00. The highest BCUT2D eigenvalue weighted by Gasteiger charge is 2.29. The van der Waals surface area contributed by atoms with Gasteiger partial charge in [0.05, 0.1) is 28.5 Å². The zero-order valence-electron chi connectivity index (χ0n) is 25.0. The van der Waals surface area contributed by atoms with Gasteiger partial charge in [0.1, 0.15) is 11.1 Å². The number of urea groups is 1. The average molecular weight is 630 g/mol. The van der Waals surface area contributed by atoms with Gasteiger partial charge in [-0.3, -0.25) is 0 Å². The maximum atomic E-state index is 13.6. The zero-order chi connectivity index (χ0) is 31.2. The summed E-state index contributed by atoms with van der Waals surface area (Å²) in [6, 6.07) is 13.6. The number of nitrogens with zero attached hydrogens (tertiary/aromatic N) is 1. The van der Waals surface area contributed by atoms with E-state index in [1.165, 1.54) is 17.4 Å². The Morgan fingerprint density at radius 3 is 2.51 bits per heavy atom. The number of alkyl carbamates (subject to hydrolysis) is 1. The molecule has 232 valence electrons. The molecule has 0 spiro atoms. The summed E-state index contributed by atoms with van der Waals surface area (Å²) >= 11 is 1.35. The number of rotatable bonds is 9. The van der Waals surface area contributed by atoms with Gasteiger partial charge in [-0.25, -0.2) is 27.7 Å². The molecule has 13 heteroatoms. The second-order valence-corrected chi connectivity index (χ2v) is 14.3. The number of aromatic nitrogens is 1. The van der Waals surface area contributed by atoms with E-state index in [9.17, 15) is 18.0 Å². The van der Waals surface area contributed by atoms with E-state index < -0.39 is 27.7 Å². The van der Waals surface area contributed by atoms with E-state index in [1.54, 1.807) is 52.9 Å². The summed E-state index contributed by atoms with van der Waals surface area (Å²) in [5, 5.41) is 9.06. The molecular formula is C30H39N5O6S2. The van der Waals surface area contributed by atoms with Crippen molar-refractivity contribution >= 4 is 39.2 Å². The van der Waals surface area contributed by atoms with Crippen LogP contribution in [0.25, 0.3) is 10.4 Å². The van der Waals surface area contributed by atoms with Crippen LogP contribution in [0.15, 0.2) is 59.6 Å². The molecule has 0 aliphatic carbocycles. The zero-order valence-corrected chi connectivity index (χ0v) is 26.6. The van der Waals surface area contributed by atoms with Gasteiger partial charge in [0.15, 0.2) is 0 Å². The van der Waals surface area contributed by atoms with Crippen LogP contribution in [0.4, 0.5) is 15.3 Å². The maximum Gasteiger partial charge on any atom is 0.407 e. The molecule has 4 rings (SSSR count). The Labute approximate surface area is 256 Å². The molecule has 4 N–H and O–H groups in total. The topological polar surface area (TPSA) is 148 Å². The number of nitrogens with one attached hydrogen (secondary N) is 4. The molecule has 2 atom stereocenters. The van der Waals surface area contributed by atoms with Crippen LogP contribution in [0.2, 0.25) is 0 Å². The minimum Gasteiger partial charge on any atom is -0.447 e. The largest absolute Gasteiger partial charge is 0.447 e. The molecule has 2 heterocycles. The van der Waals surface area contributed by atoms with E-state index in [1.807, 2.05) is 30.3 Å². The summed E-state index contributed by atoms with van der Waals surface area (Å²) in [6.07, 6.45) is 2.01. The highest BCUT2D eigenvalue weighted by molar-refractivity contribution is 7.89. The molecule has 1 fully saturated rings. The van der Waals surface area contributed by atoms with Crippen molar-refractivity contribution in [2.75, 3.05) is 11.9 Å². The number of hydrogen-bond acceptors (Lipinski definition) is 8. The summed E-state index contributed by atoms with van der Waals surface area (Å²) in [6.45, 7) is 9.51. The Bertz CT molecular complexity index is 1510. The van der Waals surface area contributed by atoms with Crippen molar-refractivity contribution in [2.45, 2.75) is 82.7 Å². The van der Waals surface area contributed by atoms with Gasteiger partial charge >= 0.3 is 12.1 Å².